The molecule has 2 heterocycles. The van der Waals surface area contributed by atoms with Crippen molar-refractivity contribution in [3.8, 4) is 17.2 Å². The average molecular weight is 612 g/mol. The van der Waals surface area contributed by atoms with Crippen LogP contribution in [0.25, 0.3) is 16.7 Å². The van der Waals surface area contributed by atoms with Crippen LogP contribution in [-0.2, 0) is 11.3 Å². The molecule has 11 nitrogen and oxygen atoms in total. The van der Waals surface area contributed by atoms with Gasteiger partial charge in [-0.3, -0.25) is 9.36 Å². The van der Waals surface area contributed by atoms with Crippen molar-refractivity contribution in [2.75, 3.05) is 20.0 Å². The van der Waals surface area contributed by atoms with Crippen LogP contribution in [0.15, 0.2) is 70.9 Å². The van der Waals surface area contributed by atoms with E-state index in [0.717, 1.165) is 16.6 Å². The molecule has 0 fully saturated rings. The lowest BCUT2D eigenvalue weighted by molar-refractivity contribution is -0.118. The number of aromatic nitrogens is 6. The van der Waals surface area contributed by atoms with Crippen molar-refractivity contribution in [3.63, 3.8) is 0 Å². The van der Waals surface area contributed by atoms with Crippen molar-refractivity contribution in [1.82, 2.24) is 35.2 Å². The van der Waals surface area contributed by atoms with Gasteiger partial charge in [0, 0.05) is 16.7 Å². The number of nitrogens with one attached hydrogen (secondary N) is 1. The van der Waals surface area contributed by atoms with Gasteiger partial charge in [-0.2, -0.15) is 5.10 Å². The molecule has 0 aliphatic rings. The largest absolute Gasteiger partial charge is 0.497 e. The number of fused-ring (bicyclic) bond motifs is 1. The maximum atomic E-state index is 12.8. The summed E-state index contributed by atoms with van der Waals surface area (Å²) in [6, 6.07) is 18.1. The summed E-state index contributed by atoms with van der Waals surface area (Å²) < 4.78 is 14.2. The first kappa shape index (κ1) is 28.4. The van der Waals surface area contributed by atoms with Crippen LogP contribution in [0.2, 0.25) is 10.0 Å². The minimum Gasteiger partial charge on any atom is -0.497 e. The lowest BCUT2D eigenvalue weighted by Crippen LogP contribution is -2.21. The van der Waals surface area contributed by atoms with Crippen molar-refractivity contribution in [3.05, 3.63) is 82.1 Å². The molecule has 0 spiro atoms. The standard InChI is InChI=1S/C27H24Cl2N8O3S/c1-16(19-10-9-18(39-2)13-24(19)40-3)30-33-26(38)15-41-27-34-32-25(37(27)22-11-8-17(28)12-20(22)29)14-36-23-7-5-4-6-21(23)31-35-36/h4-13H,14-15H2,1-3H3,(H,33,38)/b30-16+. The van der Waals surface area contributed by atoms with Gasteiger partial charge in [-0.1, -0.05) is 52.3 Å². The summed E-state index contributed by atoms with van der Waals surface area (Å²) in [7, 11) is 3.14. The molecule has 0 aliphatic carbocycles. The molecule has 210 valence electrons. The second kappa shape index (κ2) is 12.6. The Morgan fingerprint density at radius 3 is 2.63 bits per heavy atom. The number of ether oxygens (including phenoxy) is 2. The molecule has 0 saturated heterocycles. The molecule has 1 amide bonds. The number of methoxy groups -OCH3 is 2. The summed E-state index contributed by atoms with van der Waals surface area (Å²) >= 11 is 13.9. The van der Waals surface area contributed by atoms with Gasteiger partial charge in [0.2, 0.25) is 0 Å². The van der Waals surface area contributed by atoms with E-state index in [1.165, 1.54) is 11.8 Å². The fraction of sp³-hybridized carbons (Fsp3) is 0.185. The minimum atomic E-state index is -0.331. The molecule has 0 saturated carbocycles. The molecule has 41 heavy (non-hydrogen) atoms. The monoisotopic (exact) mass is 610 g/mol. The zero-order valence-electron chi connectivity index (χ0n) is 22.2. The van der Waals surface area contributed by atoms with E-state index in [1.807, 2.05) is 30.3 Å². The molecule has 0 radical (unpaired) electrons. The molecule has 0 atom stereocenters. The highest BCUT2D eigenvalue weighted by molar-refractivity contribution is 7.99. The third kappa shape index (κ3) is 6.29. The number of thioether (sulfide) groups is 1. The lowest BCUT2D eigenvalue weighted by Gasteiger charge is -2.12. The molecular formula is C27H24Cl2N8O3S. The molecule has 3 aromatic carbocycles. The van der Waals surface area contributed by atoms with Gasteiger partial charge >= 0.3 is 0 Å². The fourth-order valence-corrected chi connectivity index (χ4v) is 5.28. The van der Waals surface area contributed by atoms with Crippen molar-refractivity contribution in [2.45, 2.75) is 18.6 Å². The highest BCUT2D eigenvalue weighted by Crippen LogP contribution is 2.30. The smallest absolute Gasteiger partial charge is 0.250 e. The molecular weight excluding hydrogens is 587 g/mol. The molecule has 0 aliphatic heterocycles. The van der Waals surface area contributed by atoms with E-state index in [0.29, 0.717) is 43.9 Å². The third-order valence-electron chi connectivity index (χ3n) is 6.04. The first-order valence-corrected chi connectivity index (χ1v) is 14.0. The summed E-state index contributed by atoms with van der Waals surface area (Å²) in [6.07, 6.45) is 0. The normalized spacial score (nSPS) is 11.6. The van der Waals surface area contributed by atoms with Gasteiger partial charge in [0.05, 0.1) is 41.9 Å². The van der Waals surface area contributed by atoms with E-state index < -0.39 is 0 Å². The summed E-state index contributed by atoms with van der Waals surface area (Å²) in [5.74, 6) is 1.47. The second-order valence-corrected chi connectivity index (χ2v) is 10.4. The van der Waals surface area contributed by atoms with Crippen LogP contribution >= 0.6 is 35.0 Å². The van der Waals surface area contributed by atoms with Crippen LogP contribution < -0.4 is 14.9 Å². The Morgan fingerprint density at radius 1 is 1.02 bits per heavy atom. The van der Waals surface area contributed by atoms with Crippen molar-refractivity contribution in [2.24, 2.45) is 5.10 Å². The SMILES string of the molecule is COc1ccc(/C(C)=N/NC(=O)CSc2nnc(Cn3nnc4ccccc43)n2-c2ccc(Cl)cc2Cl)c(OC)c1. The topological polar surface area (TPSA) is 121 Å². The number of carbonyl (C=O) groups excluding carboxylic acids is 1. The summed E-state index contributed by atoms with van der Waals surface area (Å²) in [4.78, 5) is 12.8. The minimum absolute atomic E-state index is 0.0200. The highest BCUT2D eigenvalue weighted by atomic mass is 35.5. The quantitative estimate of drug-likeness (QED) is 0.133. The first-order valence-electron chi connectivity index (χ1n) is 12.2. The van der Waals surface area contributed by atoms with Gasteiger partial charge in [-0.05, 0) is 49.4 Å². The molecule has 5 rings (SSSR count). The van der Waals surface area contributed by atoms with Gasteiger partial charge in [0.15, 0.2) is 11.0 Å². The van der Waals surface area contributed by atoms with Crippen molar-refractivity contribution < 1.29 is 14.3 Å². The van der Waals surface area contributed by atoms with E-state index in [-0.39, 0.29) is 18.2 Å². The molecule has 0 unspecified atom stereocenters. The average Bonchev–Trinajstić information content (AvgIpc) is 3.58. The molecule has 14 heteroatoms. The lowest BCUT2D eigenvalue weighted by atomic mass is 10.1. The van der Waals surface area contributed by atoms with Gasteiger partial charge in [-0.25, -0.2) is 10.1 Å². The van der Waals surface area contributed by atoms with Gasteiger partial charge in [0.1, 0.15) is 23.6 Å². The van der Waals surface area contributed by atoms with Crippen LogP contribution in [0, 0.1) is 0 Å². The predicted molar refractivity (Wildman–Crippen MR) is 159 cm³/mol. The number of halogens is 2. The number of rotatable bonds is 10. The molecule has 0 bridgehead atoms. The van der Waals surface area contributed by atoms with Crippen LogP contribution in [0.1, 0.15) is 18.3 Å². The number of para-hydroxylation sites is 1. The van der Waals surface area contributed by atoms with Crippen molar-refractivity contribution in [1.29, 1.82) is 0 Å². The van der Waals surface area contributed by atoms with Gasteiger partial charge < -0.3 is 9.47 Å². The molecule has 5 aromatic rings. The van der Waals surface area contributed by atoms with Crippen molar-refractivity contribution >= 4 is 57.6 Å². The van der Waals surface area contributed by atoms with E-state index in [2.05, 4.69) is 31.0 Å². The molecule has 1 N–H and O–H groups in total. The first-order chi connectivity index (χ1) is 19.9. The Labute approximate surface area is 249 Å². The maximum absolute atomic E-state index is 12.8. The zero-order valence-corrected chi connectivity index (χ0v) is 24.5. The number of hydrogen-bond donors (Lipinski definition) is 1. The number of hydrogen-bond acceptors (Lipinski definition) is 9. The Bertz CT molecular complexity index is 1750. The summed E-state index contributed by atoms with van der Waals surface area (Å²) in [6.45, 7) is 2.05. The van der Waals surface area contributed by atoms with Crippen LogP contribution in [0.3, 0.4) is 0 Å². The van der Waals surface area contributed by atoms with E-state index in [9.17, 15) is 4.79 Å². The number of nitrogens with zero attached hydrogens (tertiary/aromatic N) is 7. The Morgan fingerprint density at radius 2 is 1.85 bits per heavy atom. The predicted octanol–water partition coefficient (Wildman–Crippen LogP) is 5.02. The van der Waals surface area contributed by atoms with Crippen LogP contribution in [-0.4, -0.2) is 61.3 Å². The maximum Gasteiger partial charge on any atom is 0.250 e. The summed E-state index contributed by atoms with van der Waals surface area (Å²) in [5, 5.41) is 22.8. The van der Waals surface area contributed by atoms with Crippen LogP contribution in [0.5, 0.6) is 11.5 Å². The molecule has 2 aromatic heterocycles. The number of benzene rings is 3. The van der Waals surface area contributed by atoms with Crippen LogP contribution in [0.4, 0.5) is 0 Å². The number of amides is 1. The number of carbonyl (C=O) groups is 1. The van der Waals surface area contributed by atoms with Gasteiger partial charge in [0.25, 0.3) is 5.91 Å². The Balaban J connectivity index is 1.36. The second-order valence-electron chi connectivity index (χ2n) is 8.65. The Hall–Kier alpha value is -4.13. The Kier molecular flexibility index (Phi) is 8.72. The number of hydrazone groups is 1. The van der Waals surface area contributed by atoms with E-state index in [4.69, 9.17) is 32.7 Å². The van der Waals surface area contributed by atoms with E-state index >= 15 is 0 Å². The van der Waals surface area contributed by atoms with Gasteiger partial charge in [-0.15, -0.1) is 15.3 Å². The zero-order chi connectivity index (χ0) is 28.9. The third-order valence-corrected chi connectivity index (χ3v) is 7.51. The highest BCUT2D eigenvalue weighted by Gasteiger charge is 2.20. The summed E-state index contributed by atoms with van der Waals surface area (Å²) in [5.41, 5.74) is 6.11. The van der Waals surface area contributed by atoms with E-state index in [1.54, 1.807) is 60.7 Å². The fourth-order valence-electron chi connectivity index (χ4n) is 4.04.